The standard InChI is InChI=1S/C17H15BrClNO5S/c1-10-7-11(18)3-6-15(10)20-16(21)9-25-17(22)13-8-12(26(2,23)24)4-5-14(13)19/h3-8H,9H2,1-2H3,(H,20,21). The second-order valence-corrected chi connectivity index (χ2v) is 8.84. The van der Waals surface area contributed by atoms with E-state index in [0.29, 0.717) is 5.69 Å². The van der Waals surface area contributed by atoms with Crippen LogP contribution in [0.3, 0.4) is 0 Å². The number of amides is 1. The lowest BCUT2D eigenvalue weighted by Gasteiger charge is -2.10. The summed E-state index contributed by atoms with van der Waals surface area (Å²) in [4.78, 5) is 24.0. The zero-order valence-corrected chi connectivity index (χ0v) is 17.0. The zero-order chi connectivity index (χ0) is 19.5. The number of carbonyl (C=O) groups excluding carboxylic acids is 2. The molecule has 0 saturated heterocycles. The summed E-state index contributed by atoms with van der Waals surface area (Å²) in [5, 5.41) is 2.66. The number of aryl methyl sites for hydroxylation is 1. The number of anilines is 1. The Kier molecular flexibility index (Phi) is 6.44. The Morgan fingerprint density at radius 2 is 1.88 bits per heavy atom. The van der Waals surface area contributed by atoms with E-state index >= 15 is 0 Å². The fraction of sp³-hybridized carbons (Fsp3) is 0.176. The maximum atomic E-state index is 12.1. The Bertz CT molecular complexity index is 975. The van der Waals surface area contributed by atoms with Gasteiger partial charge in [0.15, 0.2) is 16.4 Å². The van der Waals surface area contributed by atoms with Gasteiger partial charge in [-0.15, -0.1) is 0 Å². The maximum absolute atomic E-state index is 12.1. The molecule has 0 radical (unpaired) electrons. The lowest BCUT2D eigenvalue weighted by atomic mass is 10.2. The average Bonchev–Trinajstić information content (AvgIpc) is 2.54. The van der Waals surface area contributed by atoms with E-state index in [1.807, 2.05) is 13.0 Å². The third-order valence-electron chi connectivity index (χ3n) is 3.38. The van der Waals surface area contributed by atoms with Crippen LogP contribution in [0.25, 0.3) is 0 Å². The first-order valence-electron chi connectivity index (χ1n) is 7.30. The number of rotatable bonds is 5. The smallest absolute Gasteiger partial charge is 0.340 e. The van der Waals surface area contributed by atoms with Gasteiger partial charge in [-0.3, -0.25) is 4.79 Å². The predicted molar refractivity (Wildman–Crippen MR) is 102 cm³/mol. The highest BCUT2D eigenvalue weighted by atomic mass is 79.9. The van der Waals surface area contributed by atoms with Gasteiger partial charge in [0.05, 0.1) is 15.5 Å². The number of sulfone groups is 1. The fourth-order valence-corrected chi connectivity index (χ4v) is 3.37. The third kappa shape index (κ3) is 5.30. The normalized spacial score (nSPS) is 11.1. The van der Waals surface area contributed by atoms with E-state index in [9.17, 15) is 18.0 Å². The van der Waals surface area contributed by atoms with Gasteiger partial charge in [0, 0.05) is 16.4 Å². The van der Waals surface area contributed by atoms with Gasteiger partial charge in [0.1, 0.15) is 0 Å². The molecular formula is C17H15BrClNO5S. The molecule has 9 heteroatoms. The molecule has 1 N–H and O–H groups in total. The van der Waals surface area contributed by atoms with Crippen LogP contribution in [0.4, 0.5) is 5.69 Å². The van der Waals surface area contributed by atoms with Crippen molar-refractivity contribution in [3.8, 4) is 0 Å². The molecule has 0 spiro atoms. The van der Waals surface area contributed by atoms with Crippen LogP contribution in [0, 0.1) is 6.92 Å². The molecule has 0 fully saturated rings. The third-order valence-corrected chi connectivity index (χ3v) is 5.32. The lowest BCUT2D eigenvalue weighted by molar-refractivity contribution is -0.119. The molecule has 2 aromatic rings. The fourth-order valence-electron chi connectivity index (χ4n) is 2.05. The molecule has 0 atom stereocenters. The molecule has 0 aliphatic carbocycles. The molecular weight excluding hydrogens is 446 g/mol. The van der Waals surface area contributed by atoms with E-state index in [4.69, 9.17) is 16.3 Å². The molecule has 2 aromatic carbocycles. The molecule has 0 aliphatic heterocycles. The summed E-state index contributed by atoms with van der Waals surface area (Å²) in [5.74, 6) is -1.41. The molecule has 1 amide bonds. The van der Waals surface area contributed by atoms with Crippen molar-refractivity contribution in [2.24, 2.45) is 0 Å². The quantitative estimate of drug-likeness (QED) is 0.689. The summed E-state index contributed by atoms with van der Waals surface area (Å²) in [5.41, 5.74) is 1.30. The highest BCUT2D eigenvalue weighted by Crippen LogP contribution is 2.22. The highest BCUT2D eigenvalue weighted by Gasteiger charge is 2.18. The van der Waals surface area contributed by atoms with E-state index < -0.39 is 28.3 Å². The summed E-state index contributed by atoms with van der Waals surface area (Å²) in [6.07, 6.45) is 1.01. The number of hydrogen-bond donors (Lipinski definition) is 1. The molecule has 2 rings (SSSR count). The number of esters is 1. The Balaban J connectivity index is 2.05. The van der Waals surface area contributed by atoms with Crippen LogP contribution in [0.1, 0.15) is 15.9 Å². The minimum Gasteiger partial charge on any atom is -0.452 e. The molecule has 0 aromatic heterocycles. The van der Waals surface area contributed by atoms with Crippen LogP contribution in [0.2, 0.25) is 5.02 Å². The SMILES string of the molecule is Cc1cc(Br)ccc1NC(=O)COC(=O)c1cc(S(C)(=O)=O)ccc1Cl. The van der Waals surface area contributed by atoms with E-state index in [0.717, 1.165) is 22.4 Å². The highest BCUT2D eigenvalue weighted by molar-refractivity contribution is 9.10. The summed E-state index contributed by atoms with van der Waals surface area (Å²) in [7, 11) is -3.51. The minimum atomic E-state index is -3.51. The number of hydrogen-bond acceptors (Lipinski definition) is 5. The van der Waals surface area contributed by atoms with Gasteiger partial charge in [-0.25, -0.2) is 13.2 Å². The predicted octanol–water partition coefficient (Wildman–Crippen LogP) is 3.61. The monoisotopic (exact) mass is 459 g/mol. The van der Waals surface area contributed by atoms with Crippen molar-refractivity contribution in [1.82, 2.24) is 0 Å². The van der Waals surface area contributed by atoms with Gasteiger partial charge in [0.25, 0.3) is 5.91 Å². The summed E-state index contributed by atoms with van der Waals surface area (Å²) in [6, 6.07) is 9.02. The van der Waals surface area contributed by atoms with Gasteiger partial charge in [-0.2, -0.15) is 0 Å². The van der Waals surface area contributed by atoms with E-state index in [-0.39, 0.29) is 15.5 Å². The Morgan fingerprint density at radius 1 is 1.19 bits per heavy atom. The number of ether oxygens (including phenoxy) is 1. The van der Waals surface area contributed by atoms with E-state index in [1.165, 1.54) is 12.1 Å². The van der Waals surface area contributed by atoms with Crippen LogP contribution in [-0.2, 0) is 19.4 Å². The molecule has 0 saturated carbocycles. The van der Waals surface area contributed by atoms with E-state index in [1.54, 1.807) is 12.1 Å². The number of halogens is 2. The van der Waals surface area contributed by atoms with Crippen molar-refractivity contribution in [2.75, 3.05) is 18.2 Å². The number of nitrogens with one attached hydrogen (secondary N) is 1. The molecule has 138 valence electrons. The van der Waals surface area contributed by atoms with Crippen molar-refractivity contribution in [3.63, 3.8) is 0 Å². The van der Waals surface area contributed by atoms with Crippen molar-refractivity contribution in [1.29, 1.82) is 0 Å². The number of benzene rings is 2. The molecule has 0 bridgehead atoms. The molecule has 26 heavy (non-hydrogen) atoms. The Labute approximate surface area is 164 Å². The van der Waals surface area contributed by atoms with Gasteiger partial charge >= 0.3 is 5.97 Å². The zero-order valence-electron chi connectivity index (χ0n) is 13.9. The van der Waals surface area contributed by atoms with Gasteiger partial charge in [0.2, 0.25) is 0 Å². The Hall–Kier alpha value is -1.90. The summed E-state index contributed by atoms with van der Waals surface area (Å²) < 4.78 is 29.0. The Morgan fingerprint density at radius 3 is 2.50 bits per heavy atom. The maximum Gasteiger partial charge on any atom is 0.340 e. The van der Waals surface area contributed by atoms with Crippen molar-refractivity contribution >= 4 is 54.9 Å². The van der Waals surface area contributed by atoms with Crippen LogP contribution in [0.5, 0.6) is 0 Å². The molecule has 0 unspecified atom stereocenters. The van der Waals surface area contributed by atoms with Gasteiger partial charge < -0.3 is 10.1 Å². The van der Waals surface area contributed by atoms with Crippen LogP contribution < -0.4 is 5.32 Å². The minimum absolute atomic E-state index is 0.0339. The average molecular weight is 461 g/mol. The first-order valence-corrected chi connectivity index (χ1v) is 10.4. The van der Waals surface area contributed by atoms with Crippen molar-refractivity contribution in [3.05, 3.63) is 57.0 Å². The lowest BCUT2D eigenvalue weighted by Crippen LogP contribution is -2.21. The van der Waals surface area contributed by atoms with E-state index in [2.05, 4.69) is 21.2 Å². The first-order chi connectivity index (χ1) is 12.1. The second-order valence-electron chi connectivity index (χ2n) is 5.50. The van der Waals surface area contributed by atoms with Crippen LogP contribution in [-0.4, -0.2) is 33.2 Å². The van der Waals surface area contributed by atoms with Gasteiger partial charge in [-0.1, -0.05) is 27.5 Å². The topological polar surface area (TPSA) is 89.5 Å². The first kappa shape index (κ1) is 20.4. The molecule has 0 aliphatic rings. The van der Waals surface area contributed by atoms with Crippen molar-refractivity contribution in [2.45, 2.75) is 11.8 Å². The number of carbonyl (C=O) groups is 2. The summed E-state index contributed by atoms with van der Waals surface area (Å²) >= 11 is 9.25. The largest absolute Gasteiger partial charge is 0.452 e. The van der Waals surface area contributed by atoms with Gasteiger partial charge in [-0.05, 0) is 48.9 Å². The summed E-state index contributed by atoms with van der Waals surface area (Å²) in [6.45, 7) is 1.29. The molecule has 0 heterocycles. The second kappa shape index (κ2) is 8.20. The van der Waals surface area contributed by atoms with Crippen molar-refractivity contribution < 1.29 is 22.7 Å². The molecule has 6 nitrogen and oxygen atoms in total. The van der Waals surface area contributed by atoms with Crippen LogP contribution >= 0.6 is 27.5 Å². The van der Waals surface area contributed by atoms with Crippen LogP contribution in [0.15, 0.2) is 45.8 Å².